The van der Waals surface area contributed by atoms with E-state index < -0.39 is 9.85 Å². The lowest BCUT2D eigenvalue weighted by atomic mass is 10.2. The minimum Gasteiger partial charge on any atom is -0.494 e. The molecule has 2 N–H and O–H groups in total. The van der Waals surface area contributed by atoms with Crippen molar-refractivity contribution in [3.05, 3.63) is 85.9 Å². The number of nitro benzene ring substituents is 2. The fraction of sp³-hybridized carbons (Fsp3) is 0.0500. The molecule has 0 heterocycles. The Morgan fingerprint density at radius 2 is 1.59 bits per heavy atom. The summed E-state index contributed by atoms with van der Waals surface area (Å²) in [6.45, 7) is 0. The van der Waals surface area contributed by atoms with Gasteiger partial charge in [0.25, 0.3) is 11.4 Å². The lowest BCUT2D eigenvalue weighted by Gasteiger charge is -2.14. The zero-order chi connectivity index (χ0) is 23.3. The average Bonchev–Trinajstić information content (AvgIpc) is 2.75. The summed E-state index contributed by atoms with van der Waals surface area (Å²) in [5, 5.41) is 28.5. The monoisotopic (exact) mass is 474 g/mol. The summed E-state index contributed by atoms with van der Waals surface area (Å²) in [5.41, 5.74) is 0.309. The topological polar surface area (TPSA) is 129 Å². The van der Waals surface area contributed by atoms with Crippen LogP contribution in [0.25, 0.3) is 0 Å². The first-order valence-corrected chi connectivity index (χ1v) is 9.67. The molecule has 0 saturated heterocycles. The molecule has 0 unspecified atom stereocenters. The maximum atomic E-state index is 11.3. The van der Waals surface area contributed by atoms with E-state index >= 15 is 0 Å². The van der Waals surface area contributed by atoms with Gasteiger partial charge in [0, 0.05) is 23.2 Å². The third-order valence-corrected chi connectivity index (χ3v) is 4.51. The van der Waals surface area contributed by atoms with Crippen molar-refractivity contribution in [1.82, 2.24) is 0 Å². The molecule has 0 spiro atoms. The molecule has 0 atom stereocenters. The smallest absolute Gasteiger partial charge is 0.275 e. The number of methoxy groups -OCH3 is 1. The standard InChI is InChI=1S/C20H15ClN4O6S/c1-30-19-11-14(24(26)27)4-7-18(19)23-20(32)22-13-8-15(25(28)29)10-17(9-13)31-16-5-2-12(21)3-6-16/h2-11H,1H3,(H2,22,23,32). The Balaban J connectivity index is 1.80. The van der Waals surface area contributed by atoms with Crippen molar-refractivity contribution in [2.45, 2.75) is 0 Å². The number of non-ortho nitro benzene ring substituents is 2. The summed E-state index contributed by atoms with van der Waals surface area (Å²) in [5.74, 6) is 0.853. The molecule has 0 bridgehead atoms. The van der Waals surface area contributed by atoms with Crippen LogP contribution in [0.4, 0.5) is 22.7 Å². The molecule has 3 aromatic carbocycles. The zero-order valence-corrected chi connectivity index (χ0v) is 18.0. The molecule has 0 saturated carbocycles. The van der Waals surface area contributed by atoms with Gasteiger partial charge in [0.1, 0.15) is 17.2 Å². The molecule has 0 radical (unpaired) electrons. The van der Waals surface area contributed by atoms with Crippen LogP contribution in [0.5, 0.6) is 17.2 Å². The highest BCUT2D eigenvalue weighted by atomic mass is 35.5. The molecule has 0 aliphatic heterocycles. The predicted octanol–water partition coefficient (Wildman–Crippen LogP) is 5.77. The first kappa shape index (κ1) is 22.7. The van der Waals surface area contributed by atoms with Crippen LogP contribution >= 0.6 is 23.8 Å². The van der Waals surface area contributed by atoms with Gasteiger partial charge >= 0.3 is 0 Å². The highest BCUT2D eigenvalue weighted by Crippen LogP contribution is 2.32. The van der Waals surface area contributed by atoms with Crippen LogP contribution in [-0.4, -0.2) is 22.1 Å². The highest BCUT2D eigenvalue weighted by molar-refractivity contribution is 7.80. The highest BCUT2D eigenvalue weighted by Gasteiger charge is 2.15. The minimum atomic E-state index is -0.560. The van der Waals surface area contributed by atoms with Crippen LogP contribution in [0.15, 0.2) is 60.7 Å². The number of hydrogen-bond donors (Lipinski definition) is 2. The molecule has 0 aliphatic rings. The molecule has 0 aliphatic carbocycles. The van der Waals surface area contributed by atoms with Gasteiger partial charge in [0.05, 0.1) is 40.5 Å². The Bertz CT molecular complexity index is 1190. The second-order valence-corrected chi connectivity index (χ2v) is 7.09. The summed E-state index contributed by atoms with van der Waals surface area (Å²) in [4.78, 5) is 21.2. The van der Waals surface area contributed by atoms with Gasteiger partial charge in [0.15, 0.2) is 5.11 Å². The normalized spacial score (nSPS) is 10.2. The Hall–Kier alpha value is -3.96. The number of nitrogens with zero attached hydrogens (tertiary/aromatic N) is 2. The molecule has 3 rings (SSSR count). The molecule has 164 valence electrons. The third-order valence-electron chi connectivity index (χ3n) is 4.05. The van der Waals surface area contributed by atoms with Crippen molar-refractivity contribution < 1.29 is 19.3 Å². The molecule has 0 amide bonds. The second kappa shape index (κ2) is 9.90. The Morgan fingerprint density at radius 3 is 2.22 bits per heavy atom. The number of halogens is 1. The number of ether oxygens (including phenoxy) is 2. The molecule has 3 aromatic rings. The number of anilines is 2. The fourth-order valence-electron chi connectivity index (χ4n) is 2.64. The van der Waals surface area contributed by atoms with Crippen molar-refractivity contribution in [3.8, 4) is 17.2 Å². The van der Waals surface area contributed by atoms with Gasteiger partial charge in [-0.25, -0.2) is 0 Å². The minimum absolute atomic E-state index is 0.0788. The lowest BCUT2D eigenvalue weighted by Crippen LogP contribution is -2.19. The van der Waals surface area contributed by atoms with E-state index in [1.165, 1.54) is 43.5 Å². The van der Waals surface area contributed by atoms with E-state index in [9.17, 15) is 20.2 Å². The van der Waals surface area contributed by atoms with E-state index in [0.29, 0.717) is 22.1 Å². The Labute approximate surface area is 192 Å². The zero-order valence-electron chi connectivity index (χ0n) is 16.4. The molecule has 0 fully saturated rings. The van der Waals surface area contributed by atoms with Crippen molar-refractivity contribution in [2.24, 2.45) is 0 Å². The van der Waals surface area contributed by atoms with E-state index in [0.717, 1.165) is 0 Å². The van der Waals surface area contributed by atoms with Gasteiger partial charge in [-0.15, -0.1) is 0 Å². The third kappa shape index (κ3) is 5.80. The van der Waals surface area contributed by atoms with Gasteiger partial charge in [-0.05, 0) is 42.5 Å². The molecule has 32 heavy (non-hydrogen) atoms. The Kier molecular flexibility index (Phi) is 7.03. The largest absolute Gasteiger partial charge is 0.494 e. The van der Waals surface area contributed by atoms with Crippen LogP contribution in [0.3, 0.4) is 0 Å². The SMILES string of the molecule is COc1cc([N+](=O)[O-])ccc1NC(=S)Nc1cc(Oc2ccc(Cl)cc2)cc([N+](=O)[O-])c1. The summed E-state index contributed by atoms with van der Waals surface area (Å²) >= 11 is 11.1. The van der Waals surface area contributed by atoms with Crippen molar-refractivity contribution >= 4 is 51.7 Å². The van der Waals surface area contributed by atoms with Crippen molar-refractivity contribution in [1.29, 1.82) is 0 Å². The van der Waals surface area contributed by atoms with Crippen LogP contribution < -0.4 is 20.1 Å². The first-order valence-electron chi connectivity index (χ1n) is 8.88. The molecule has 12 heteroatoms. The van der Waals surface area contributed by atoms with Crippen LogP contribution in [0.1, 0.15) is 0 Å². The van der Waals surface area contributed by atoms with Crippen molar-refractivity contribution in [2.75, 3.05) is 17.7 Å². The van der Waals surface area contributed by atoms with E-state index in [1.807, 2.05) is 0 Å². The fourth-order valence-corrected chi connectivity index (χ4v) is 2.99. The number of nitro groups is 2. The van der Waals surface area contributed by atoms with Gasteiger partial charge in [-0.2, -0.15) is 0 Å². The second-order valence-electron chi connectivity index (χ2n) is 6.25. The Morgan fingerprint density at radius 1 is 0.906 bits per heavy atom. The van der Waals surface area contributed by atoms with Gasteiger partial charge < -0.3 is 20.1 Å². The van der Waals surface area contributed by atoms with Crippen LogP contribution in [-0.2, 0) is 0 Å². The number of thiocarbonyl (C=S) groups is 1. The van der Waals surface area contributed by atoms with E-state index in [1.54, 1.807) is 24.3 Å². The summed E-state index contributed by atoms with van der Waals surface area (Å²) in [6.07, 6.45) is 0. The summed E-state index contributed by atoms with van der Waals surface area (Å²) in [6, 6.07) is 14.6. The predicted molar refractivity (Wildman–Crippen MR) is 124 cm³/mol. The lowest BCUT2D eigenvalue weighted by molar-refractivity contribution is -0.385. The molecular formula is C20H15ClN4O6S. The quantitative estimate of drug-likeness (QED) is 0.249. The van der Waals surface area contributed by atoms with Crippen LogP contribution in [0, 0.1) is 20.2 Å². The number of rotatable bonds is 7. The number of hydrogen-bond acceptors (Lipinski definition) is 7. The van der Waals surface area contributed by atoms with Gasteiger partial charge in [-0.3, -0.25) is 20.2 Å². The maximum Gasteiger partial charge on any atom is 0.275 e. The van der Waals surface area contributed by atoms with Crippen molar-refractivity contribution in [3.63, 3.8) is 0 Å². The number of benzene rings is 3. The van der Waals surface area contributed by atoms with Gasteiger partial charge in [0.2, 0.25) is 0 Å². The number of nitrogens with one attached hydrogen (secondary N) is 2. The molecule has 10 nitrogen and oxygen atoms in total. The van der Waals surface area contributed by atoms with E-state index in [4.69, 9.17) is 33.3 Å². The first-order chi connectivity index (χ1) is 15.2. The van der Waals surface area contributed by atoms with E-state index in [-0.39, 0.29) is 28.0 Å². The molecule has 0 aromatic heterocycles. The van der Waals surface area contributed by atoms with Gasteiger partial charge in [-0.1, -0.05) is 11.6 Å². The molecular weight excluding hydrogens is 460 g/mol. The average molecular weight is 475 g/mol. The maximum absolute atomic E-state index is 11.3. The summed E-state index contributed by atoms with van der Waals surface area (Å²) in [7, 11) is 1.36. The summed E-state index contributed by atoms with van der Waals surface area (Å²) < 4.78 is 10.8. The van der Waals surface area contributed by atoms with E-state index in [2.05, 4.69) is 10.6 Å². The van der Waals surface area contributed by atoms with Crippen LogP contribution in [0.2, 0.25) is 5.02 Å².